The van der Waals surface area contributed by atoms with Crippen molar-refractivity contribution in [1.29, 1.82) is 0 Å². The molecular weight excluding hydrogens is 422 g/mol. The second-order valence-electron chi connectivity index (χ2n) is 7.88. The van der Waals surface area contributed by atoms with Crippen LogP contribution in [0.4, 0.5) is 0 Å². The maximum atomic E-state index is 12.6. The zero-order valence-electron chi connectivity index (χ0n) is 19.5. The number of hydrogen-bond donors (Lipinski definition) is 2. The highest BCUT2D eigenvalue weighted by Gasteiger charge is 2.22. The molecule has 0 radical (unpaired) electrons. The quantitative estimate of drug-likeness (QED) is 0.309. The number of nitrogens with zero attached hydrogens (tertiary/aromatic N) is 1. The van der Waals surface area contributed by atoms with E-state index in [-0.39, 0.29) is 12.5 Å². The Hall–Kier alpha value is -3.68. The molecule has 8 heteroatoms. The highest BCUT2D eigenvalue weighted by atomic mass is 16.5. The van der Waals surface area contributed by atoms with Gasteiger partial charge >= 0.3 is 5.97 Å². The maximum absolute atomic E-state index is 12.6. The van der Waals surface area contributed by atoms with Crippen molar-refractivity contribution in [2.45, 2.75) is 40.2 Å². The summed E-state index contributed by atoms with van der Waals surface area (Å²) in [4.78, 5) is 36.7. The van der Waals surface area contributed by atoms with Crippen molar-refractivity contribution in [3.63, 3.8) is 0 Å². The highest BCUT2D eigenvalue weighted by molar-refractivity contribution is 5.91. The Morgan fingerprint density at radius 3 is 2.39 bits per heavy atom. The van der Waals surface area contributed by atoms with E-state index in [1.54, 1.807) is 37.3 Å². The number of ether oxygens (including phenoxy) is 2. The topological polar surface area (TPSA) is 106 Å². The molecule has 0 saturated carbocycles. The molecular formula is C25H31N3O5. The van der Waals surface area contributed by atoms with Gasteiger partial charge in [-0.3, -0.25) is 9.59 Å². The van der Waals surface area contributed by atoms with Crippen LogP contribution in [0, 0.1) is 12.8 Å². The molecule has 0 unspecified atom stereocenters. The summed E-state index contributed by atoms with van der Waals surface area (Å²) in [7, 11) is 0. The lowest BCUT2D eigenvalue weighted by atomic mass is 10.0. The molecule has 0 heterocycles. The first-order valence-electron chi connectivity index (χ1n) is 10.9. The van der Waals surface area contributed by atoms with E-state index in [2.05, 4.69) is 15.8 Å². The van der Waals surface area contributed by atoms with Gasteiger partial charge in [0.05, 0.1) is 18.4 Å². The predicted octanol–water partition coefficient (Wildman–Crippen LogP) is 3.23. The molecule has 0 spiro atoms. The van der Waals surface area contributed by atoms with Crippen molar-refractivity contribution in [1.82, 2.24) is 10.7 Å². The van der Waals surface area contributed by atoms with E-state index < -0.39 is 23.8 Å². The largest absolute Gasteiger partial charge is 0.484 e. The Morgan fingerprint density at radius 1 is 1.06 bits per heavy atom. The molecule has 0 aliphatic heterocycles. The highest BCUT2D eigenvalue weighted by Crippen LogP contribution is 2.16. The van der Waals surface area contributed by atoms with Crippen molar-refractivity contribution in [2.75, 3.05) is 13.2 Å². The molecule has 0 fully saturated rings. The number of hydrogen-bond acceptors (Lipinski definition) is 6. The first-order valence-corrected chi connectivity index (χ1v) is 10.9. The molecule has 0 saturated heterocycles. The van der Waals surface area contributed by atoms with E-state index in [0.717, 1.165) is 5.56 Å². The van der Waals surface area contributed by atoms with Crippen LogP contribution in [0.1, 0.15) is 48.7 Å². The molecule has 0 aliphatic carbocycles. The van der Waals surface area contributed by atoms with Crippen molar-refractivity contribution >= 4 is 24.0 Å². The number of hydrazone groups is 1. The number of esters is 1. The molecule has 1 atom stereocenters. The van der Waals surface area contributed by atoms with Gasteiger partial charge in [0.2, 0.25) is 0 Å². The fourth-order valence-corrected chi connectivity index (χ4v) is 2.97. The maximum Gasteiger partial charge on any atom is 0.338 e. The third kappa shape index (κ3) is 8.76. The monoisotopic (exact) mass is 453 g/mol. The van der Waals surface area contributed by atoms with Gasteiger partial charge in [0.1, 0.15) is 11.8 Å². The van der Waals surface area contributed by atoms with Crippen LogP contribution in [0.15, 0.2) is 53.6 Å². The first-order chi connectivity index (χ1) is 15.8. The summed E-state index contributed by atoms with van der Waals surface area (Å²) in [5, 5.41) is 6.69. The zero-order valence-corrected chi connectivity index (χ0v) is 19.5. The van der Waals surface area contributed by atoms with Gasteiger partial charge in [-0.15, -0.1) is 0 Å². The Balaban J connectivity index is 1.91. The summed E-state index contributed by atoms with van der Waals surface area (Å²) >= 11 is 0. The average Bonchev–Trinajstić information content (AvgIpc) is 2.78. The number of carbonyl (C=O) groups excluding carboxylic acids is 3. The Kier molecular flexibility index (Phi) is 10.1. The average molecular weight is 454 g/mol. The third-order valence-corrected chi connectivity index (χ3v) is 4.62. The first kappa shape index (κ1) is 25.6. The molecule has 0 bridgehead atoms. The number of rotatable bonds is 11. The van der Waals surface area contributed by atoms with E-state index in [4.69, 9.17) is 9.47 Å². The van der Waals surface area contributed by atoms with E-state index >= 15 is 0 Å². The van der Waals surface area contributed by atoms with Crippen LogP contribution in [0.5, 0.6) is 5.75 Å². The van der Waals surface area contributed by atoms with Gasteiger partial charge in [0.15, 0.2) is 6.61 Å². The van der Waals surface area contributed by atoms with Crippen LogP contribution in [0.2, 0.25) is 0 Å². The van der Waals surface area contributed by atoms with Gasteiger partial charge < -0.3 is 14.8 Å². The lowest BCUT2D eigenvalue weighted by molar-refractivity contribution is -0.130. The molecule has 176 valence electrons. The number of benzene rings is 2. The van der Waals surface area contributed by atoms with Crippen LogP contribution in [0.3, 0.4) is 0 Å². The minimum absolute atomic E-state index is 0.178. The number of carbonyl (C=O) groups is 3. The number of aryl methyl sites for hydroxylation is 1. The zero-order chi connectivity index (χ0) is 24.2. The van der Waals surface area contributed by atoms with Crippen molar-refractivity contribution in [3.8, 4) is 5.75 Å². The van der Waals surface area contributed by atoms with E-state index in [0.29, 0.717) is 29.9 Å². The Labute approximate surface area is 194 Å². The smallest absolute Gasteiger partial charge is 0.338 e. The SMILES string of the molecule is CCOC(=O)c1ccc(/C=N\NC(=O)[C@@H](CC(C)C)NC(=O)COc2ccccc2C)cc1. The van der Waals surface area contributed by atoms with Crippen molar-refractivity contribution in [3.05, 3.63) is 65.2 Å². The molecule has 2 N–H and O–H groups in total. The molecule has 2 aromatic carbocycles. The number of nitrogens with one attached hydrogen (secondary N) is 2. The normalized spacial score (nSPS) is 11.8. The lowest BCUT2D eigenvalue weighted by Crippen LogP contribution is -2.47. The van der Waals surface area contributed by atoms with Crippen LogP contribution in [-0.4, -0.2) is 43.3 Å². The molecule has 8 nitrogen and oxygen atoms in total. The summed E-state index contributed by atoms with van der Waals surface area (Å²) in [6.07, 6.45) is 1.91. The summed E-state index contributed by atoms with van der Waals surface area (Å²) < 4.78 is 10.5. The fraction of sp³-hybridized carbons (Fsp3) is 0.360. The van der Waals surface area contributed by atoms with Crippen LogP contribution in [-0.2, 0) is 14.3 Å². The van der Waals surface area contributed by atoms with Gasteiger partial charge in [-0.1, -0.05) is 44.2 Å². The molecule has 0 aromatic heterocycles. The van der Waals surface area contributed by atoms with Crippen LogP contribution < -0.4 is 15.5 Å². The van der Waals surface area contributed by atoms with Crippen molar-refractivity contribution in [2.24, 2.45) is 11.0 Å². The van der Waals surface area contributed by atoms with Gasteiger partial charge in [-0.05, 0) is 55.5 Å². The van der Waals surface area contributed by atoms with Crippen LogP contribution in [0.25, 0.3) is 0 Å². The third-order valence-electron chi connectivity index (χ3n) is 4.62. The Morgan fingerprint density at radius 2 is 1.76 bits per heavy atom. The molecule has 2 amide bonds. The summed E-state index contributed by atoms with van der Waals surface area (Å²) in [5.74, 6) is -0.410. The standard InChI is InChI=1S/C25H31N3O5/c1-5-32-25(31)20-12-10-19(11-13-20)15-26-28-24(30)21(14-17(2)3)27-23(29)16-33-22-9-7-6-8-18(22)4/h6-13,15,17,21H,5,14,16H2,1-4H3,(H,27,29)(H,28,30)/b26-15-/t21-/m1/s1. The molecule has 2 rings (SSSR count). The van der Waals surface area contributed by atoms with Gasteiger partial charge in [-0.25, -0.2) is 10.2 Å². The molecule has 2 aromatic rings. The summed E-state index contributed by atoms with van der Waals surface area (Å²) in [6, 6.07) is 13.3. The molecule has 33 heavy (non-hydrogen) atoms. The lowest BCUT2D eigenvalue weighted by Gasteiger charge is -2.19. The second kappa shape index (κ2) is 13.0. The fourth-order valence-electron chi connectivity index (χ4n) is 2.97. The second-order valence-corrected chi connectivity index (χ2v) is 7.88. The predicted molar refractivity (Wildman–Crippen MR) is 126 cm³/mol. The minimum Gasteiger partial charge on any atom is -0.484 e. The van der Waals surface area contributed by atoms with Crippen LogP contribution >= 0.6 is 0 Å². The number of amides is 2. The Bertz CT molecular complexity index is 970. The number of para-hydroxylation sites is 1. The van der Waals surface area contributed by atoms with E-state index in [1.807, 2.05) is 39.0 Å². The van der Waals surface area contributed by atoms with Gasteiger partial charge in [0, 0.05) is 0 Å². The van der Waals surface area contributed by atoms with Crippen molar-refractivity contribution < 1.29 is 23.9 Å². The summed E-state index contributed by atoms with van der Waals surface area (Å²) in [5.41, 5.74) is 4.52. The van der Waals surface area contributed by atoms with E-state index in [1.165, 1.54) is 6.21 Å². The van der Waals surface area contributed by atoms with E-state index in [9.17, 15) is 14.4 Å². The minimum atomic E-state index is -0.749. The van der Waals surface area contributed by atoms with Gasteiger partial charge in [0.25, 0.3) is 11.8 Å². The van der Waals surface area contributed by atoms with Gasteiger partial charge in [-0.2, -0.15) is 5.10 Å². The summed E-state index contributed by atoms with van der Waals surface area (Å²) in [6.45, 7) is 7.68. The molecule has 0 aliphatic rings.